The SMILES string of the molecule is Cc1ccc(N2C(=O)NC(=O)/C(=C/c3cc(C)n(-c4ccc(Cl)cc4)c3C)C2=O)cc1Cl. The Bertz CT molecular complexity index is 1310. The molecule has 2 aromatic carbocycles. The van der Waals surface area contributed by atoms with Crippen LogP contribution in [-0.2, 0) is 9.59 Å². The van der Waals surface area contributed by atoms with Gasteiger partial charge in [0.05, 0.1) is 5.69 Å². The second kappa shape index (κ2) is 8.30. The molecule has 0 spiro atoms. The molecular weight excluding hydrogens is 449 g/mol. The molecule has 0 unspecified atom stereocenters. The number of barbiturate groups is 1. The van der Waals surface area contributed by atoms with Gasteiger partial charge in [0, 0.05) is 27.1 Å². The van der Waals surface area contributed by atoms with E-state index in [-0.39, 0.29) is 11.3 Å². The molecule has 0 bridgehead atoms. The van der Waals surface area contributed by atoms with Crippen molar-refractivity contribution in [1.82, 2.24) is 9.88 Å². The molecule has 6 nitrogen and oxygen atoms in total. The zero-order valence-corrected chi connectivity index (χ0v) is 19.1. The summed E-state index contributed by atoms with van der Waals surface area (Å²) in [5.41, 5.74) is 4.29. The molecule has 0 radical (unpaired) electrons. The van der Waals surface area contributed by atoms with Crippen molar-refractivity contribution in [2.75, 3.05) is 4.90 Å². The van der Waals surface area contributed by atoms with Crippen LogP contribution in [0.4, 0.5) is 10.5 Å². The Morgan fingerprint density at radius 1 is 0.875 bits per heavy atom. The predicted octanol–water partition coefficient (Wildman–Crippen LogP) is 5.38. The van der Waals surface area contributed by atoms with Crippen LogP contribution in [0.15, 0.2) is 54.1 Å². The van der Waals surface area contributed by atoms with E-state index in [1.807, 2.05) is 43.5 Å². The Balaban J connectivity index is 1.76. The summed E-state index contributed by atoms with van der Waals surface area (Å²) in [6.07, 6.45) is 1.50. The molecule has 162 valence electrons. The van der Waals surface area contributed by atoms with Crippen molar-refractivity contribution < 1.29 is 14.4 Å². The van der Waals surface area contributed by atoms with Gasteiger partial charge in [-0.3, -0.25) is 14.9 Å². The standard InChI is InChI=1S/C24H19Cl2N3O3/c1-13-4-7-19(12-21(13)26)29-23(31)20(22(30)27-24(29)32)11-16-10-14(2)28(15(16)3)18-8-5-17(25)6-9-18/h4-12H,1-3H3,(H,27,30,32)/b20-11-. The summed E-state index contributed by atoms with van der Waals surface area (Å²) in [7, 11) is 0. The number of nitrogens with one attached hydrogen (secondary N) is 1. The molecule has 1 aromatic heterocycles. The van der Waals surface area contributed by atoms with Gasteiger partial charge in [0.2, 0.25) is 0 Å². The van der Waals surface area contributed by atoms with Gasteiger partial charge in [-0.2, -0.15) is 0 Å². The zero-order chi connectivity index (χ0) is 23.2. The molecule has 4 rings (SSSR count). The average molecular weight is 468 g/mol. The fraction of sp³-hybridized carbons (Fsp3) is 0.125. The maximum absolute atomic E-state index is 13.2. The lowest BCUT2D eigenvalue weighted by Gasteiger charge is -2.26. The zero-order valence-electron chi connectivity index (χ0n) is 17.6. The van der Waals surface area contributed by atoms with Crippen molar-refractivity contribution in [3.8, 4) is 5.69 Å². The molecule has 1 aliphatic rings. The Kier molecular flexibility index (Phi) is 5.67. The summed E-state index contributed by atoms with van der Waals surface area (Å²) in [6, 6.07) is 13.3. The number of halogens is 2. The van der Waals surface area contributed by atoms with Crippen molar-refractivity contribution in [2.24, 2.45) is 0 Å². The van der Waals surface area contributed by atoms with E-state index in [9.17, 15) is 14.4 Å². The molecule has 4 amide bonds. The van der Waals surface area contributed by atoms with Crippen LogP contribution in [0.25, 0.3) is 11.8 Å². The monoisotopic (exact) mass is 467 g/mol. The van der Waals surface area contributed by atoms with Crippen LogP contribution in [0.5, 0.6) is 0 Å². The molecule has 1 aliphatic heterocycles. The van der Waals surface area contributed by atoms with Crippen molar-refractivity contribution in [2.45, 2.75) is 20.8 Å². The first-order chi connectivity index (χ1) is 15.2. The molecule has 32 heavy (non-hydrogen) atoms. The van der Waals surface area contributed by atoms with Gasteiger partial charge in [0.1, 0.15) is 5.57 Å². The van der Waals surface area contributed by atoms with Crippen LogP contribution < -0.4 is 10.2 Å². The molecule has 3 aromatic rings. The second-order valence-electron chi connectivity index (χ2n) is 7.53. The lowest BCUT2D eigenvalue weighted by molar-refractivity contribution is -0.122. The summed E-state index contributed by atoms with van der Waals surface area (Å²) in [5.74, 6) is -1.46. The number of nitrogens with zero attached hydrogens (tertiary/aromatic N) is 2. The fourth-order valence-corrected chi connectivity index (χ4v) is 3.99. The number of aromatic nitrogens is 1. The van der Waals surface area contributed by atoms with Gasteiger partial charge < -0.3 is 4.57 Å². The van der Waals surface area contributed by atoms with Gasteiger partial charge in [0.15, 0.2) is 0 Å². The predicted molar refractivity (Wildman–Crippen MR) is 125 cm³/mol. The number of imide groups is 2. The van der Waals surface area contributed by atoms with Crippen molar-refractivity contribution in [1.29, 1.82) is 0 Å². The smallest absolute Gasteiger partial charge is 0.318 e. The molecule has 0 atom stereocenters. The number of benzene rings is 2. The third-order valence-electron chi connectivity index (χ3n) is 5.37. The van der Waals surface area contributed by atoms with Crippen LogP contribution in [0.2, 0.25) is 10.0 Å². The highest BCUT2D eigenvalue weighted by molar-refractivity contribution is 6.39. The number of hydrogen-bond acceptors (Lipinski definition) is 3. The lowest BCUT2D eigenvalue weighted by Crippen LogP contribution is -2.54. The first-order valence-electron chi connectivity index (χ1n) is 9.80. The number of urea groups is 1. The molecule has 0 aliphatic carbocycles. The van der Waals surface area contributed by atoms with E-state index in [2.05, 4.69) is 5.32 Å². The quantitative estimate of drug-likeness (QED) is 0.415. The highest BCUT2D eigenvalue weighted by Gasteiger charge is 2.37. The Morgan fingerprint density at radius 2 is 1.53 bits per heavy atom. The number of carbonyl (C=O) groups excluding carboxylic acids is 3. The van der Waals surface area contributed by atoms with Gasteiger partial charge >= 0.3 is 6.03 Å². The maximum atomic E-state index is 13.2. The van der Waals surface area contributed by atoms with E-state index in [4.69, 9.17) is 23.2 Å². The van der Waals surface area contributed by atoms with E-state index in [1.54, 1.807) is 24.3 Å². The van der Waals surface area contributed by atoms with Gasteiger partial charge in [-0.15, -0.1) is 0 Å². The highest BCUT2D eigenvalue weighted by Crippen LogP contribution is 2.28. The van der Waals surface area contributed by atoms with Gasteiger partial charge in [-0.1, -0.05) is 29.3 Å². The van der Waals surface area contributed by atoms with Crippen molar-refractivity contribution in [3.63, 3.8) is 0 Å². The minimum absolute atomic E-state index is 0.141. The summed E-state index contributed by atoms with van der Waals surface area (Å²) in [5, 5.41) is 3.28. The number of amides is 4. The van der Waals surface area contributed by atoms with Gasteiger partial charge in [0.25, 0.3) is 11.8 Å². The molecular formula is C24H19Cl2N3O3. The lowest BCUT2D eigenvalue weighted by atomic mass is 10.1. The van der Waals surface area contributed by atoms with Crippen LogP contribution in [-0.4, -0.2) is 22.4 Å². The molecule has 1 saturated heterocycles. The summed E-state index contributed by atoms with van der Waals surface area (Å²) >= 11 is 12.2. The van der Waals surface area contributed by atoms with Crippen molar-refractivity contribution >= 4 is 52.8 Å². The number of aryl methyl sites for hydroxylation is 2. The van der Waals surface area contributed by atoms with Crippen LogP contribution in [0.3, 0.4) is 0 Å². The summed E-state index contributed by atoms with van der Waals surface area (Å²) in [6.45, 7) is 5.63. The van der Waals surface area contributed by atoms with Gasteiger partial charge in [-0.25, -0.2) is 9.69 Å². The van der Waals surface area contributed by atoms with Gasteiger partial charge in [-0.05, 0) is 80.4 Å². The molecule has 1 N–H and O–H groups in total. The van der Waals surface area contributed by atoms with E-state index in [1.165, 1.54) is 12.1 Å². The molecule has 0 saturated carbocycles. The Labute approximate surface area is 195 Å². The number of rotatable bonds is 3. The molecule has 1 fully saturated rings. The summed E-state index contributed by atoms with van der Waals surface area (Å²) < 4.78 is 2.00. The molecule has 8 heteroatoms. The minimum atomic E-state index is -0.816. The topological polar surface area (TPSA) is 71.4 Å². The number of anilines is 1. The van der Waals surface area contributed by atoms with Crippen LogP contribution in [0.1, 0.15) is 22.5 Å². The van der Waals surface area contributed by atoms with E-state index in [0.717, 1.165) is 27.5 Å². The van der Waals surface area contributed by atoms with E-state index < -0.39 is 17.8 Å². The fourth-order valence-electron chi connectivity index (χ4n) is 3.69. The normalized spacial score (nSPS) is 15.5. The van der Waals surface area contributed by atoms with E-state index in [0.29, 0.717) is 15.6 Å². The van der Waals surface area contributed by atoms with E-state index >= 15 is 0 Å². The van der Waals surface area contributed by atoms with Crippen LogP contribution >= 0.6 is 23.2 Å². The van der Waals surface area contributed by atoms with Crippen molar-refractivity contribution in [3.05, 3.63) is 86.7 Å². The third kappa shape index (κ3) is 3.83. The number of carbonyl (C=O) groups is 3. The Hall–Kier alpha value is -3.35. The average Bonchev–Trinajstić information content (AvgIpc) is 3.01. The summed E-state index contributed by atoms with van der Waals surface area (Å²) in [4.78, 5) is 39.1. The van der Waals surface area contributed by atoms with Crippen LogP contribution in [0, 0.1) is 20.8 Å². The highest BCUT2D eigenvalue weighted by atomic mass is 35.5. The first-order valence-corrected chi connectivity index (χ1v) is 10.6. The minimum Gasteiger partial charge on any atom is -0.318 e. The molecule has 2 heterocycles. The first kappa shape index (κ1) is 21.9. The third-order valence-corrected chi connectivity index (χ3v) is 6.03. The number of hydrogen-bond donors (Lipinski definition) is 1. The second-order valence-corrected chi connectivity index (χ2v) is 8.37. The Morgan fingerprint density at radius 3 is 2.19 bits per heavy atom. The maximum Gasteiger partial charge on any atom is 0.335 e. The largest absolute Gasteiger partial charge is 0.335 e.